The van der Waals surface area contributed by atoms with Crippen molar-refractivity contribution in [3.63, 3.8) is 0 Å². The molecule has 0 atom stereocenters. The molecular formula is C21H19N3O6S. The number of amides is 1. The molecule has 0 saturated heterocycles. The topological polar surface area (TPSA) is 138 Å². The number of fused-ring (bicyclic) bond motifs is 1. The molecule has 0 saturated carbocycles. The van der Waals surface area contributed by atoms with Crippen molar-refractivity contribution in [3.8, 4) is 6.07 Å². The summed E-state index contributed by atoms with van der Waals surface area (Å²) in [6.07, 6.45) is 0. The Balaban J connectivity index is 1.56. The second kappa shape index (κ2) is 8.99. The van der Waals surface area contributed by atoms with Gasteiger partial charge in [-0.1, -0.05) is 18.2 Å². The molecule has 0 aliphatic carbocycles. The molecule has 3 aromatic rings. The van der Waals surface area contributed by atoms with Crippen LogP contribution in [-0.4, -0.2) is 33.4 Å². The summed E-state index contributed by atoms with van der Waals surface area (Å²) in [4.78, 5) is 24.1. The molecule has 2 N–H and O–H groups in total. The number of esters is 1. The Morgan fingerprint density at radius 2 is 1.87 bits per heavy atom. The minimum Gasteiger partial charge on any atom is -0.455 e. The van der Waals surface area contributed by atoms with Crippen LogP contribution in [0.5, 0.6) is 0 Å². The van der Waals surface area contributed by atoms with Crippen molar-refractivity contribution in [3.05, 3.63) is 59.4 Å². The number of sulfonamides is 1. The number of nitrogens with zero attached hydrogens (tertiary/aromatic N) is 1. The monoisotopic (exact) mass is 441 g/mol. The first-order chi connectivity index (χ1) is 14.7. The largest absolute Gasteiger partial charge is 0.455 e. The summed E-state index contributed by atoms with van der Waals surface area (Å²) in [5.74, 6) is -1.71. The van der Waals surface area contributed by atoms with E-state index in [4.69, 9.17) is 9.15 Å². The van der Waals surface area contributed by atoms with Gasteiger partial charge in [-0.3, -0.25) is 9.59 Å². The van der Waals surface area contributed by atoms with Crippen LogP contribution < -0.4 is 10.0 Å². The van der Waals surface area contributed by atoms with Gasteiger partial charge in [-0.05, 0) is 49.2 Å². The number of aryl methyl sites for hydroxylation is 2. The van der Waals surface area contributed by atoms with Crippen LogP contribution >= 0.6 is 0 Å². The van der Waals surface area contributed by atoms with E-state index < -0.39 is 35.1 Å². The maximum Gasteiger partial charge on any atom is 0.321 e. The van der Waals surface area contributed by atoms with Gasteiger partial charge in [0.05, 0.1) is 4.90 Å². The van der Waals surface area contributed by atoms with Gasteiger partial charge in [-0.25, -0.2) is 8.42 Å². The minimum atomic E-state index is -3.91. The fourth-order valence-corrected chi connectivity index (χ4v) is 3.79. The first-order valence-corrected chi connectivity index (χ1v) is 10.6. The molecule has 1 amide bonds. The molecule has 0 fully saturated rings. The van der Waals surface area contributed by atoms with Crippen LogP contribution in [0.3, 0.4) is 0 Å². The van der Waals surface area contributed by atoms with Crippen molar-refractivity contribution in [2.45, 2.75) is 18.7 Å². The summed E-state index contributed by atoms with van der Waals surface area (Å²) in [6.45, 7) is 2.34. The molecule has 10 heteroatoms. The number of rotatable bonds is 7. The van der Waals surface area contributed by atoms with Gasteiger partial charge in [0.15, 0.2) is 6.61 Å². The Labute approximate surface area is 178 Å². The first-order valence-electron chi connectivity index (χ1n) is 9.15. The summed E-state index contributed by atoms with van der Waals surface area (Å²) in [5.41, 5.74) is 2.33. The van der Waals surface area contributed by atoms with Crippen molar-refractivity contribution in [1.82, 2.24) is 4.72 Å². The Bertz CT molecular complexity index is 1300. The highest BCUT2D eigenvalue weighted by atomic mass is 32.2. The van der Waals surface area contributed by atoms with Crippen molar-refractivity contribution < 1.29 is 27.2 Å². The lowest BCUT2D eigenvalue weighted by Crippen LogP contribution is -2.32. The molecule has 1 heterocycles. The predicted molar refractivity (Wildman–Crippen MR) is 112 cm³/mol. The molecule has 0 spiro atoms. The number of furan rings is 1. The fraction of sp³-hybridized carbons (Fsp3) is 0.190. The lowest BCUT2D eigenvalue weighted by Gasteiger charge is -2.09. The summed E-state index contributed by atoms with van der Waals surface area (Å²) in [5, 5.41) is 12.2. The van der Waals surface area contributed by atoms with Crippen LogP contribution in [0.4, 0.5) is 5.69 Å². The maximum atomic E-state index is 12.3. The number of hydrogen-bond acceptors (Lipinski definition) is 7. The van der Waals surface area contributed by atoms with E-state index in [2.05, 4.69) is 10.0 Å². The molecule has 160 valence electrons. The number of carbonyl (C=O) groups is 2. The number of para-hydroxylation sites is 1. The van der Waals surface area contributed by atoms with Crippen molar-refractivity contribution in [1.29, 1.82) is 5.26 Å². The highest BCUT2D eigenvalue weighted by Crippen LogP contribution is 2.30. The number of hydrogen-bond donors (Lipinski definition) is 2. The van der Waals surface area contributed by atoms with E-state index >= 15 is 0 Å². The Morgan fingerprint density at radius 1 is 1.13 bits per heavy atom. The van der Waals surface area contributed by atoms with E-state index in [0.29, 0.717) is 11.0 Å². The Morgan fingerprint density at radius 3 is 2.58 bits per heavy atom. The standard InChI is InChI=1S/C21H19N3O6S/c1-13-7-8-15(9-14(13)2)31(27,28)23-11-20(26)29-12-19(25)24-21-16-5-3-4-6-17(16)30-18(21)10-22/h3-9,23H,11-12H2,1-2H3,(H,24,25). The SMILES string of the molecule is Cc1ccc(S(=O)(=O)NCC(=O)OCC(=O)Nc2c(C#N)oc3ccccc23)cc1C. The molecule has 0 aliphatic heterocycles. The summed E-state index contributed by atoms with van der Waals surface area (Å²) in [7, 11) is -3.91. The van der Waals surface area contributed by atoms with E-state index in [-0.39, 0.29) is 16.3 Å². The second-order valence-corrected chi connectivity index (χ2v) is 8.46. The molecule has 0 bridgehead atoms. The first kappa shape index (κ1) is 22.0. The normalized spacial score (nSPS) is 11.1. The third kappa shape index (κ3) is 5.09. The van der Waals surface area contributed by atoms with Gasteiger partial charge < -0.3 is 14.5 Å². The molecule has 0 radical (unpaired) electrons. The molecule has 2 aromatic carbocycles. The van der Waals surface area contributed by atoms with Gasteiger partial charge in [0, 0.05) is 5.39 Å². The number of benzene rings is 2. The number of ether oxygens (including phenoxy) is 1. The quantitative estimate of drug-likeness (QED) is 0.537. The number of anilines is 1. The maximum absolute atomic E-state index is 12.3. The zero-order chi connectivity index (χ0) is 22.6. The number of carbonyl (C=O) groups excluding carboxylic acids is 2. The summed E-state index contributed by atoms with van der Waals surface area (Å²) in [6, 6.07) is 13.2. The van der Waals surface area contributed by atoms with Crippen LogP contribution in [0.2, 0.25) is 0 Å². The molecule has 0 unspecified atom stereocenters. The fourth-order valence-electron chi connectivity index (χ4n) is 2.74. The lowest BCUT2D eigenvalue weighted by atomic mass is 10.1. The minimum absolute atomic E-state index is 0.0250. The molecule has 31 heavy (non-hydrogen) atoms. The molecular weight excluding hydrogens is 422 g/mol. The number of nitriles is 1. The van der Waals surface area contributed by atoms with E-state index in [1.165, 1.54) is 12.1 Å². The van der Waals surface area contributed by atoms with Gasteiger partial charge in [0.1, 0.15) is 23.9 Å². The van der Waals surface area contributed by atoms with Gasteiger partial charge >= 0.3 is 5.97 Å². The van der Waals surface area contributed by atoms with Gasteiger partial charge in [-0.2, -0.15) is 9.98 Å². The van der Waals surface area contributed by atoms with Gasteiger partial charge in [0.2, 0.25) is 15.8 Å². The third-order valence-corrected chi connectivity index (χ3v) is 5.92. The second-order valence-electron chi connectivity index (χ2n) is 6.69. The predicted octanol–water partition coefficient (Wildman–Crippen LogP) is 2.38. The van der Waals surface area contributed by atoms with Crippen LogP contribution in [0.1, 0.15) is 16.9 Å². The van der Waals surface area contributed by atoms with E-state index in [1.54, 1.807) is 37.3 Å². The van der Waals surface area contributed by atoms with Gasteiger partial charge in [0.25, 0.3) is 5.91 Å². The molecule has 3 rings (SSSR count). The highest BCUT2D eigenvalue weighted by molar-refractivity contribution is 7.89. The molecule has 0 aliphatic rings. The average Bonchev–Trinajstić information content (AvgIpc) is 3.10. The highest BCUT2D eigenvalue weighted by Gasteiger charge is 2.19. The molecule has 9 nitrogen and oxygen atoms in total. The van der Waals surface area contributed by atoms with E-state index in [0.717, 1.165) is 11.1 Å². The summed E-state index contributed by atoms with van der Waals surface area (Å²) < 4.78 is 36.9. The average molecular weight is 441 g/mol. The zero-order valence-corrected chi connectivity index (χ0v) is 17.6. The van der Waals surface area contributed by atoms with Crippen molar-refractivity contribution in [2.75, 3.05) is 18.5 Å². The van der Waals surface area contributed by atoms with Crippen LogP contribution in [0.25, 0.3) is 11.0 Å². The van der Waals surface area contributed by atoms with E-state index in [1.807, 2.05) is 13.0 Å². The van der Waals surface area contributed by atoms with Gasteiger partial charge in [-0.15, -0.1) is 0 Å². The Kier molecular flexibility index (Phi) is 6.39. The van der Waals surface area contributed by atoms with Crippen LogP contribution in [0, 0.1) is 25.2 Å². The Hall–Kier alpha value is -3.68. The lowest BCUT2D eigenvalue weighted by molar-refractivity contribution is -0.146. The van der Waals surface area contributed by atoms with Crippen LogP contribution in [0.15, 0.2) is 51.8 Å². The smallest absolute Gasteiger partial charge is 0.321 e. The summed E-state index contributed by atoms with van der Waals surface area (Å²) >= 11 is 0. The zero-order valence-electron chi connectivity index (χ0n) is 16.8. The third-order valence-electron chi connectivity index (χ3n) is 4.52. The van der Waals surface area contributed by atoms with Crippen molar-refractivity contribution in [2.24, 2.45) is 0 Å². The number of nitrogens with one attached hydrogen (secondary N) is 2. The molecule has 1 aromatic heterocycles. The van der Waals surface area contributed by atoms with Crippen molar-refractivity contribution >= 4 is 38.6 Å². The van der Waals surface area contributed by atoms with E-state index in [9.17, 15) is 23.3 Å². The van der Waals surface area contributed by atoms with Crippen LogP contribution in [-0.2, 0) is 24.3 Å².